The molecular formula is C15H31N3. The number of hydrogen-bond donors (Lipinski definition) is 1. The summed E-state index contributed by atoms with van der Waals surface area (Å²) >= 11 is 0. The van der Waals surface area contributed by atoms with Gasteiger partial charge in [0, 0.05) is 12.1 Å². The maximum Gasteiger partial charge on any atom is 0.105 e. The van der Waals surface area contributed by atoms with Gasteiger partial charge in [-0.3, -0.25) is 5.32 Å². The van der Waals surface area contributed by atoms with E-state index in [1.165, 1.54) is 6.42 Å². The van der Waals surface area contributed by atoms with E-state index in [-0.39, 0.29) is 0 Å². The van der Waals surface area contributed by atoms with Gasteiger partial charge in [0.15, 0.2) is 0 Å². The molecule has 0 aliphatic heterocycles. The van der Waals surface area contributed by atoms with Crippen LogP contribution in [0.2, 0.25) is 0 Å². The molecule has 1 N–H and O–H groups in total. The summed E-state index contributed by atoms with van der Waals surface area (Å²) in [5.41, 5.74) is -0.431. The first-order valence-electron chi connectivity index (χ1n) is 7.09. The van der Waals surface area contributed by atoms with Crippen LogP contribution < -0.4 is 5.32 Å². The van der Waals surface area contributed by atoms with Gasteiger partial charge in [-0.1, -0.05) is 13.8 Å². The molecule has 3 heteroatoms. The van der Waals surface area contributed by atoms with Gasteiger partial charge < -0.3 is 4.90 Å². The average molecular weight is 253 g/mol. The minimum Gasteiger partial charge on any atom is -0.304 e. The summed E-state index contributed by atoms with van der Waals surface area (Å²) in [6.45, 7) is 14.0. The molecular weight excluding hydrogens is 222 g/mol. The second-order valence-electron chi connectivity index (χ2n) is 6.46. The Morgan fingerprint density at radius 3 is 2.17 bits per heavy atom. The van der Waals surface area contributed by atoms with Crippen LogP contribution in [0.4, 0.5) is 0 Å². The van der Waals surface area contributed by atoms with Gasteiger partial charge in [0.2, 0.25) is 0 Å². The molecule has 3 nitrogen and oxygen atoms in total. The summed E-state index contributed by atoms with van der Waals surface area (Å²) in [4.78, 5) is 2.36. The maximum absolute atomic E-state index is 9.35. The lowest BCUT2D eigenvalue weighted by Gasteiger charge is -2.33. The highest BCUT2D eigenvalue weighted by molar-refractivity contribution is 5.06. The Morgan fingerprint density at radius 1 is 1.22 bits per heavy atom. The molecule has 0 radical (unpaired) electrons. The second kappa shape index (κ2) is 7.76. The Balaban J connectivity index is 4.34. The molecule has 0 amide bonds. The van der Waals surface area contributed by atoms with E-state index in [2.05, 4.69) is 58.0 Å². The molecule has 0 spiro atoms. The van der Waals surface area contributed by atoms with Crippen molar-refractivity contribution in [2.24, 2.45) is 5.92 Å². The monoisotopic (exact) mass is 253 g/mol. The fraction of sp³-hybridized carbons (Fsp3) is 0.933. The largest absolute Gasteiger partial charge is 0.304 e. The zero-order valence-electron chi connectivity index (χ0n) is 13.2. The minimum atomic E-state index is -0.431. The van der Waals surface area contributed by atoms with Crippen molar-refractivity contribution in [1.82, 2.24) is 10.2 Å². The Morgan fingerprint density at radius 2 is 1.78 bits per heavy atom. The quantitative estimate of drug-likeness (QED) is 0.722. The molecule has 0 saturated heterocycles. The lowest BCUT2D eigenvalue weighted by Crippen LogP contribution is -2.49. The van der Waals surface area contributed by atoms with Gasteiger partial charge in [-0.15, -0.1) is 0 Å². The Hall–Kier alpha value is -0.590. The predicted molar refractivity (Wildman–Crippen MR) is 78.5 cm³/mol. The van der Waals surface area contributed by atoms with E-state index in [1.54, 1.807) is 0 Å². The molecule has 0 aromatic carbocycles. The highest BCUT2D eigenvalue weighted by Crippen LogP contribution is 2.16. The van der Waals surface area contributed by atoms with Gasteiger partial charge >= 0.3 is 0 Å². The van der Waals surface area contributed by atoms with Gasteiger partial charge in [0.05, 0.1) is 6.07 Å². The van der Waals surface area contributed by atoms with E-state index < -0.39 is 5.54 Å². The molecule has 0 rings (SSSR count). The van der Waals surface area contributed by atoms with Crippen molar-refractivity contribution >= 4 is 0 Å². The summed E-state index contributed by atoms with van der Waals surface area (Å²) in [6, 6.07) is 3.17. The predicted octanol–water partition coefficient (Wildman–Crippen LogP) is 3.02. The molecule has 2 atom stereocenters. The van der Waals surface area contributed by atoms with Crippen LogP contribution in [-0.4, -0.2) is 36.1 Å². The lowest BCUT2D eigenvalue weighted by atomic mass is 9.93. The van der Waals surface area contributed by atoms with E-state index in [0.717, 1.165) is 18.9 Å². The van der Waals surface area contributed by atoms with Crippen molar-refractivity contribution < 1.29 is 0 Å². The zero-order valence-corrected chi connectivity index (χ0v) is 13.2. The van der Waals surface area contributed by atoms with E-state index in [0.29, 0.717) is 12.1 Å². The fourth-order valence-corrected chi connectivity index (χ4v) is 2.20. The second-order valence-corrected chi connectivity index (χ2v) is 6.46. The fourth-order valence-electron chi connectivity index (χ4n) is 2.20. The van der Waals surface area contributed by atoms with Crippen LogP contribution in [0.1, 0.15) is 54.4 Å². The van der Waals surface area contributed by atoms with Crippen LogP contribution in [0.15, 0.2) is 0 Å². The first-order valence-corrected chi connectivity index (χ1v) is 7.09. The van der Waals surface area contributed by atoms with Crippen molar-refractivity contribution in [3.8, 4) is 6.07 Å². The molecule has 0 saturated carbocycles. The number of nitrogens with zero attached hydrogens (tertiary/aromatic N) is 2. The molecule has 0 aromatic rings. The topological polar surface area (TPSA) is 39.1 Å². The van der Waals surface area contributed by atoms with Crippen LogP contribution in [0.5, 0.6) is 0 Å². The van der Waals surface area contributed by atoms with Gasteiger partial charge in [-0.2, -0.15) is 5.26 Å². The Bertz CT molecular complexity index is 267. The lowest BCUT2D eigenvalue weighted by molar-refractivity contribution is 0.200. The molecule has 0 aromatic heterocycles. The normalized spacial score (nSPS) is 16.9. The van der Waals surface area contributed by atoms with E-state index in [1.807, 2.05) is 6.92 Å². The third-order valence-corrected chi connectivity index (χ3v) is 3.37. The number of hydrogen-bond acceptors (Lipinski definition) is 3. The summed E-state index contributed by atoms with van der Waals surface area (Å²) in [5.74, 6) is 0.732. The van der Waals surface area contributed by atoms with Crippen LogP contribution >= 0.6 is 0 Å². The number of rotatable bonds is 8. The van der Waals surface area contributed by atoms with Crippen molar-refractivity contribution in [3.05, 3.63) is 0 Å². The van der Waals surface area contributed by atoms with Crippen molar-refractivity contribution in [2.75, 3.05) is 13.6 Å². The minimum absolute atomic E-state index is 0.336. The SMILES string of the molecule is CC(C)CCN(C)C(C)CC(C)(C#N)NC(C)C. The molecule has 0 fully saturated rings. The van der Waals surface area contributed by atoms with Crippen LogP contribution in [0.3, 0.4) is 0 Å². The van der Waals surface area contributed by atoms with Crippen LogP contribution in [0, 0.1) is 17.2 Å². The average Bonchev–Trinajstić information content (AvgIpc) is 2.24. The smallest absolute Gasteiger partial charge is 0.105 e. The highest BCUT2D eigenvalue weighted by Gasteiger charge is 2.28. The molecule has 0 aliphatic carbocycles. The van der Waals surface area contributed by atoms with E-state index in [9.17, 15) is 5.26 Å². The van der Waals surface area contributed by atoms with Crippen LogP contribution in [-0.2, 0) is 0 Å². The highest BCUT2D eigenvalue weighted by atomic mass is 15.1. The van der Waals surface area contributed by atoms with Crippen molar-refractivity contribution in [2.45, 2.75) is 72.0 Å². The molecule has 18 heavy (non-hydrogen) atoms. The van der Waals surface area contributed by atoms with Gasteiger partial charge in [0.25, 0.3) is 0 Å². The number of nitriles is 1. The molecule has 0 heterocycles. The van der Waals surface area contributed by atoms with Gasteiger partial charge in [0.1, 0.15) is 5.54 Å². The molecule has 0 bridgehead atoms. The van der Waals surface area contributed by atoms with Gasteiger partial charge in [-0.25, -0.2) is 0 Å². The summed E-state index contributed by atoms with van der Waals surface area (Å²) in [7, 11) is 2.15. The number of nitrogens with one attached hydrogen (secondary N) is 1. The van der Waals surface area contributed by atoms with E-state index in [4.69, 9.17) is 0 Å². The summed E-state index contributed by atoms with van der Waals surface area (Å²) in [5, 5.41) is 12.7. The van der Waals surface area contributed by atoms with Gasteiger partial charge in [-0.05, 0) is 60.0 Å². The third-order valence-electron chi connectivity index (χ3n) is 3.37. The first-order chi connectivity index (χ1) is 8.20. The molecule has 106 valence electrons. The summed E-state index contributed by atoms with van der Waals surface area (Å²) < 4.78 is 0. The van der Waals surface area contributed by atoms with Crippen molar-refractivity contribution in [3.63, 3.8) is 0 Å². The standard InChI is InChI=1S/C15H31N3/c1-12(2)8-9-18(7)14(5)10-15(6,11-16)17-13(3)4/h12-14,17H,8-10H2,1-7H3. The Kier molecular flexibility index (Phi) is 7.51. The third kappa shape index (κ3) is 6.98. The van der Waals surface area contributed by atoms with Crippen LogP contribution in [0.25, 0.3) is 0 Å². The molecule has 0 aliphatic rings. The first kappa shape index (κ1) is 17.4. The van der Waals surface area contributed by atoms with E-state index >= 15 is 0 Å². The summed E-state index contributed by atoms with van der Waals surface area (Å²) in [6.07, 6.45) is 2.07. The maximum atomic E-state index is 9.35. The molecule has 2 unspecified atom stereocenters. The van der Waals surface area contributed by atoms with Crippen molar-refractivity contribution in [1.29, 1.82) is 5.26 Å². The Labute approximate surface area is 114 Å². The zero-order chi connectivity index (χ0) is 14.3.